The Morgan fingerprint density at radius 3 is 0.931 bits per heavy atom. The number of hydrogen-bond donors (Lipinski definition) is 0. The fourth-order valence-corrected chi connectivity index (χ4v) is 5.68. The Balaban J connectivity index is 0.000000292. The van der Waals surface area contributed by atoms with Gasteiger partial charge in [-0.05, 0) is 64.5 Å². The summed E-state index contributed by atoms with van der Waals surface area (Å²) < 4.78 is 8.78. The van der Waals surface area contributed by atoms with Gasteiger partial charge in [-0.15, -0.1) is 66.2 Å². The smallest absolute Gasteiger partial charge is 0.305 e. The normalized spacial score (nSPS) is 9.11. The molecule has 17 heteroatoms. The van der Waals surface area contributed by atoms with E-state index in [9.17, 15) is 0 Å². The molecular formula is C55H42IrN12PdPt2Rh-4. The Kier molecular flexibility index (Phi) is 31.5. The Bertz CT molecular complexity index is 2580. The molecule has 0 atom stereocenters. The van der Waals surface area contributed by atoms with Crippen LogP contribution >= 0.6 is 0 Å². The summed E-state index contributed by atoms with van der Waals surface area (Å²) in [5.74, 6) is 0. The van der Waals surface area contributed by atoms with E-state index in [0.29, 0.717) is 0 Å². The monoisotopic (exact) mass is 1660 g/mol. The van der Waals surface area contributed by atoms with Crippen LogP contribution in [0.15, 0.2) is 256 Å². The average Bonchev–Trinajstić information content (AvgIpc) is 4.30. The summed E-state index contributed by atoms with van der Waals surface area (Å²) in [6.07, 6.45) is 19.5. The molecule has 6 aromatic heterocycles. The molecule has 374 valence electrons. The summed E-state index contributed by atoms with van der Waals surface area (Å²) in [6.45, 7) is 0. The Morgan fingerprint density at radius 2 is 0.681 bits per heavy atom. The van der Waals surface area contributed by atoms with Gasteiger partial charge >= 0.3 is 21.1 Å². The van der Waals surface area contributed by atoms with Crippen molar-refractivity contribution < 1.29 is 102 Å². The predicted molar refractivity (Wildman–Crippen MR) is 258 cm³/mol. The second kappa shape index (κ2) is 36.6. The van der Waals surface area contributed by atoms with Crippen molar-refractivity contribution in [2.45, 2.75) is 0 Å². The zero-order chi connectivity index (χ0) is 45.8. The van der Waals surface area contributed by atoms with Gasteiger partial charge in [0.05, 0.1) is 0 Å². The molecule has 6 aromatic carbocycles. The second-order valence-corrected chi connectivity index (χ2v) is 13.4. The molecule has 0 spiro atoms. The summed E-state index contributed by atoms with van der Waals surface area (Å²) in [4.78, 5) is 8.05. The minimum atomic E-state index is 0. The van der Waals surface area contributed by atoms with Crippen LogP contribution in [-0.2, 0) is 102 Å². The molecule has 12 rings (SSSR count). The van der Waals surface area contributed by atoms with Gasteiger partial charge in [0.25, 0.3) is 0 Å². The first-order valence-corrected chi connectivity index (χ1v) is 20.9. The third-order valence-corrected chi connectivity index (χ3v) is 8.78. The van der Waals surface area contributed by atoms with E-state index in [-0.39, 0.29) is 102 Å². The molecule has 0 saturated heterocycles. The number of pyridine rings is 1. The van der Waals surface area contributed by atoms with Gasteiger partial charge in [-0.3, -0.25) is 18.7 Å². The first-order chi connectivity index (χ1) is 33.3. The molecule has 0 saturated carbocycles. The Labute approximate surface area is 488 Å². The summed E-state index contributed by atoms with van der Waals surface area (Å²) in [5, 5.41) is 20.2. The van der Waals surface area contributed by atoms with E-state index >= 15 is 0 Å². The van der Waals surface area contributed by atoms with Crippen LogP contribution < -0.4 is 0 Å². The van der Waals surface area contributed by atoms with E-state index < -0.39 is 0 Å². The van der Waals surface area contributed by atoms with E-state index in [2.05, 4.69) is 71.9 Å². The first-order valence-electron chi connectivity index (χ1n) is 20.9. The minimum absolute atomic E-state index is 0. The fourth-order valence-electron chi connectivity index (χ4n) is 5.68. The van der Waals surface area contributed by atoms with Crippen LogP contribution in [0.2, 0.25) is 0 Å². The SMILES string of the molecule is [Ir].[Pd].[Pt+2].[Pt].[Rh].[c-]1ccccc1-c1ccccn1.[c-]1ccccc1-n1cccn1.[c-]1ccccc1-n1cccn1.[c-]1ccccc1-n1cccn1.[c-]1ccccc1-n1cccn1.[c-]1ccccc1-n1cncn1. The molecule has 0 aliphatic carbocycles. The average molecular weight is 1660 g/mol. The van der Waals surface area contributed by atoms with E-state index in [0.717, 1.165) is 39.7 Å². The number of aromatic nitrogens is 12. The topological polar surface area (TPSA) is 115 Å². The number of rotatable bonds is 6. The molecule has 0 amide bonds. The Morgan fingerprint density at radius 1 is 0.347 bits per heavy atom. The molecule has 0 N–H and O–H groups in total. The van der Waals surface area contributed by atoms with Gasteiger partial charge in [0, 0.05) is 137 Å². The molecular weight excluding hydrogens is 1620 g/mol. The fraction of sp³-hybridized carbons (Fsp3) is 0. The molecule has 0 fully saturated rings. The maximum atomic E-state index is 4.22. The number of hydrogen-bond acceptors (Lipinski definition) is 7. The van der Waals surface area contributed by atoms with Crippen molar-refractivity contribution >= 4 is 0 Å². The van der Waals surface area contributed by atoms with Gasteiger partial charge in [0.15, 0.2) is 0 Å². The minimum Gasteiger partial charge on any atom is -0.305 e. The summed E-state index contributed by atoms with van der Waals surface area (Å²) in [5.41, 5.74) is 6.80. The van der Waals surface area contributed by atoms with Gasteiger partial charge in [-0.2, -0.15) is 147 Å². The third kappa shape index (κ3) is 21.2. The molecule has 12 aromatic rings. The summed E-state index contributed by atoms with van der Waals surface area (Å²) in [6, 6.07) is 78.3. The van der Waals surface area contributed by atoms with Gasteiger partial charge in [-0.25, -0.2) is 9.67 Å². The van der Waals surface area contributed by atoms with Crippen LogP contribution in [0.4, 0.5) is 0 Å². The van der Waals surface area contributed by atoms with E-state index in [1.807, 2.05) is 213 Å². The quantitative estimate of drug-likeness (QED) is 0.120. The third-order valence-electron chi connectivity index (χ3n) is 8.78. The standard InChI is InChI=1S/C11H8N.4C9H7N2.C8H6N3.Ir.Pd.2Pt.Rh/c1-2-6-10(7-3-1)11-8-4-5-9-12-11;4*1-2-5-9(6-3-1)11-8-4-7-10-11;1-2-4-8(5-3-1)11-7-9-6-10-11;;;;;/h1-6,8-9H;4*1-5,7-8H;1-4,6-7H;;;;;/q6*-1;;;;+2;. The van der Waals surface area contributed by atoms with Crippen LogP contribution in [0.3, 0.4) is 0 Å². The van der Waals surface area contributed by atoms with Crippen molar-refractivity contribution in [1.82, 2.24) is 58.9 Å². The maximum absolute atomic E-state index is 4.22. The number of para-hydroxylation sites is 5. The molecule has 0 bridgehead atoms. The van der Waals surface area contributed by atoms with E-state index in [1.165, 1.54) is 6.33 Å². The van der Waals surface area contributed by atoms with Crippen molar-refractivity contribution in [3.63, 3.8) is 0 Å². The first kappa shape index (κ1) is 61.9. The van der Waals surface area contributed by atoms with Crippen molar-refractivity contribution in [3.8, 4) is 39.7 Å². The molecule has 2 radical (unpaired) electrons. The van der Waals surface area contributed by atoms with Gasteiger partial charge < -0.3 is 4.98 Å². The van der Waals surface area contributed by atoms with Gasteiger partial charge in [0.2, 0.25) is 0 Å². The zero-order valence-electron chi connectivity index (χ0n) is 37.7. The van der Waals surface area contributed by atoms with Crippen molar-refractivity contribution in [1.29, 1.82) is 0 Å². The Hall–Kier alpha value is -6.24. The van der Waals surface area contributed by atoms with Crippen LogP contribution in [0.1, 0.15) is 0 Å². The molecule has 72 heavy (non-hydrogen) atoms. The maximum Gasteiger partial charge on any atom is 2.00 e. The molecule has 0 aliphatic heterocycles. The molecule has 0 aliphatic rings. The summed E-state index contributed by atoms with van der Waals surface area (Å²) >= 11 is 0. The number of nitrogens with zero attached hydrogens (tertiary/aromatic N) is 12. The zero-order valence-corrected chi connectivity index (χ0v) is 47.9. The van der Waals surface area contributed by atoms with Gasteiger partial charge in [0.1, 0.15) is 12.7 Å². The number of benzene rings is 6. The summed E-state index contributed by atoms with van der Waals surface area (Å²) in [7, 11) is 0. The van der Waals surface area contributed by atoms with Crippen molar-refractivity contribution in [2.75, 3.05) is 0 Å². The van der Waals surface area contributed by atoms with Crippen LogP contribution in [0.25, 0.3) is 39.7 Å². The molecule has 0 unspecified atom stereocenters. The van der Waals surface area contributed by atoms with Crippen molar-refractivity contribution in [3.05, 3.63) is 293 Å². The second-order valence-electron chi connectivity index (χ2n) is 13.4. The van der Waals surface area contributed by atoms with Crippen LogP contribution in [0, 0.1) is 36.4 Å². The van der Waals surface area contributed by atoms with Gasteiger partial charge in [-0.1, -0.05) is 12.1 Å². The molecule has 6 heterocycles. The van der Waals surface area contributed by atoms with E-state index in [1.54, 1.807) is 60.7 Å². The van der Waals surface area contributed by atoms with Crippen LogP contribution in [0.5, 0.6) is 0 Å². The largest absolute Gasteiger partial charge is 2.00 e. The van der Waals surface area contributed by atoms with E-state index in [4.69, 9.17) is 0 Å². The van der Waals surface area contributed by atoms with Crippen molar-refractivity contribution in [2.24, 2.45) is 0 Å². The molecule has 12 nitrogen and oxygen atoms in total. The van der Waals surface area contributed by atoms with Crippen LogP contribution in [-0.4, -0.2) is 58.9 Å². The predicted octanol–water partition coefficient (Wildman–Crippen LogP) is 10.3.